The van der Waals surface area contributed by atoms with Gasteiger partial charge in [-0.1, -0.05) is 53.5 Å². The molecule has 5 nitrogen and oxygen atoms in total. The minimum absolute atomic E-state index is 0.126. The van der Waals surface area contributed by atoms with Gasteiger partial charge >= 0.3 is 0 Å². The summed E-state index contributed by atoms with van der Waals surface area (Å²) in [5, 5.41) is 0.850. The summed E-state index contributed by atoms with van der Waals surface area (Å²) in [6.45, 7) is 2.82. The number of benzene rings is 3. The highest BCUT2D eigenvalue weighted by atomic mass is 127. The second-order valence-corrected chi connectivity index (χ2v) is 10.5. The van der Waals surface area contributed by atoms with Crippen LogP contribution in [0.2, 0.25) is 10.0 Å². The number of rotatable bonds is 8. The molecule has 0 unspecified atom stereocenters. The van der Waals surface area contributed by atoms with Gasteiger partial charge in [0.2, 0.25) is 0 Å². The van der Waals surface area contributed by atoms with Crippen molar-refractivity contribution in [1.82, 2.24) is 4.90 Å². The number of hydrogen-bond acceptors (Lipinski definition) is 5. The summed E-state index contributed by atoms with van der Waals surface area (Å²) in [5.41, 5.74) is 2.43. The molecule has 1 saturated heterocycles. The summed E-state index contributed by atoms with van der Waals surface area (Å²) < 4.78 is 12.7. The number of imide groups is 1. The summed E-state index contributed by atoms with van der Waals surface area (Å²) in [4.78, 5) is 27.1. The zero-order chi connectivity index (χ0) is 24.9. The van der Waals surface area contributed by atoms with Crippen LogP contribution in [0.25, 0.3) is 6.08 Å². The molecule has 3 aromatic carbocycles. The third kappa shape index (κ3) is 6.33. The molecule has 0 bridgehead atoms. The van der Waals surface area contributed by atoms with Crippen LogP contribution >= 0.6 is 57.6 Å². The van der Waals surface area contributed by atoms with E-state index < -0.39 is 0 Å². The molecule has 9 heteroatoms. The van der Waals surface area contributed by atoms with Gasteiger partial charge in [0.1, 0.15) is 6.61 Å². The van der Waals surface area contributed by atoms with Crippen molar-refractivity contribution in [2.24, 2.45) is 0 Å². The van der Waals surface area contributed by atoms with E-state index in [0.29, 0.717) is 45.2 Å². The van der Waals surface area contributed by atoms with Gasteiger partial charge in [0.25, 0.3) is 11.1 Å². The van der Waals surface area contributed by atoms with E-state index in [-0.39, 0.29) is 17.7 Å². The molecule has 2 amide bonds. The Morgan fingerprint density at radius 2 is 1.77 bits per heavy atom. The molecule has 0 aliphatic carbocycles. The van der Waals surface area contributed by atoms with E-state index in [1.165, 1.54) is 4.90 Å². The SMILES string of the molecule is CCOc1cc(/C=C2\SC(=O)N(Cc3ccccc3Cl)C2=O)cc(I)c1OCc1ccc(Cl)cc1. The second-order valence-electron chi connectivity index (χ2n) is 7.54. The van der Waals surface area contributed by atoms with E-state index >= 15 is 0 Å². The molecule has 0 spiro atoms. The maximum Gasteiger partial charge on any atom is 0.293 e. The van der Waals surface area contributed by atoms with E-state index in [2.05, 4.69) is 22.6 Å². The molecule has 0 saturated carbocycles. The summed E-state index contributed by atoms with van der Waals surface area (Å²) in [6, 6.07) is 18.3. The quantitative estimate of drug-likeness (QED) is 0.186. The lowest BCUT2D eigenvalue weighted by molar-refractivity contribution is -0.123. The van der Waals surface area contributed by atoms with Crippen molar-refractivity contribution in [1.29, 1.82) is 0 Å². The number of ether oxygens (including phenoxy) is 2. The lowest BCUT2D eigenvalue weighted by Gasteiger charge is -2.15. The fraction of sp³-hybridized carbons (Fsp3) is 0.154. The molecule has 0 radical (unpaired) electrons. The van der Waals surface area contributed by atoms with Gasteiger partial charge in [0.15, 0.2) is 11.5 Å². The van der Waals surface area contributed by atoms with Gasteiger partial charge in [0.05, 0.1) is 21.6 Å². The van der Waals surface area contributed by atoms with Crippen molar-refractivity contribution in [2.45, 2.75) is 20.1 Å². The van der Waals surface area contributed by atoms with Gasteiger partial charge in [-0.15, -0.1) is 0 Å². The van der Waals surface area contributed by atoms with Crippen LogP contribution in [0.1, 0.15) is 23.6 Å². The number of amides is 2. The lowest BCUT2D eigenvalue weighted by Crippen LogP contribution is -2.27. The van der Waals surface area contributed by atoms with Crippen molar-refractivity contribution >= 4 is 74.8 Å². The fourth-order valence-corrected chi connectivity index (χ4v) is 5.34. The molecule has 180 valence electrons. The predicted molar refractivity (Wildman–Crippen MR) is 149 cm³/mol. The van der Waals surface area contributed by atoms with Crippen molar-refractivity contribution < 1.29 is 19.1 Å². The molecule has 3 aromatic rings. The van der Waals surface area contributed by atoms with Crippen molar-refractivity contribution in [3.8, 4) is 11.5 Å². The summed E-state index contributed by atoms with van der Waals surface area (Å²) in [7, 11) is 0. The molecule has 1 fully saturated rings. The topological polar surface area (TPSA) is 55.8 Å². The summed E-state index contributed by atoms with van der Waals surface area (Å²) in [5.74, 6) is 0.831. The van der Waals surface area contributed by atoms with Gasteiger partial charge < -0.3 is 9.47 Å². The first kappa shape index (κ1) is 25.9. The maximum atomic E-state index is 13.0. The Morgan fingerprint density at radius 1 is 1.03 bits per heavy atom. The molecule has 1 heterocycles. The second kappa shape index (κ2) is 11.7. The zero-order valence-electron chi connectivity index (χ0n) is 18.6. The van der Waals surface area contributed by atoms with Crippen LogP contribution in [0.5, 0.6) is 11.5 Å². The number of carbonyl (C=O) groups is 2. The third-order valence-corrected chi connectivity index (χ3v) is 7.42. The minimum Gasteiger partial charge on any atom is -0.490 e. The van der Waals surface area contributed by atoms with Crippen LogP contribution in [0.4, 0.5) is 4.79 Å². The van der Waals surface area contributed by atoms with E-state index in [0.717, 1.165) is 26.5 Å². The molecule has 35 heavy (non-hydrogen) atoms. The van der Waals surface area contributed by atoms with E-state index in [1.54, 1.807) is 24.3 Å². The van der Waals surface area contributed by atoms with E-state index in [9.17, 15) is 9.59 Å². The normalized spacial score (nSPS) is 14.6. The molecule has 0 aromatic heterocycles. The van der Waals surface area contributed by atoms with Crippen LogP contribution in [0, 0.1) is 3.57 Å². The van der Waals surface area contributed by atoms with Crippen LogP contribution in [-0.2, 0) is 17.9 Å². The molecular weight excluding hydrogens is 620 g/mol. The number of halogens is 3. The maximum absolute atomic E-state index is 13.0. The average Bonchev–Trinajstić information content (AvgIpc) is 3.08. The number of nitrogens with zero attached hydrogens (tertiary/aromatic N) is 1. The Kier molecular flexibility index (Phi) is 8.64. The molecule has 0 atom stereocenters. The molecule has 1 aliphatic heterocycles. The van der Waals surface area contributed by atoms with Crippen LogP contribution < -0.4 is 9.47 Å². The Bertz CT molecular complexity index is 1300. The first-order valence-corrected chi connectivity index (χ1v) is 13.3. The number of carbonyl (C=O) groups excluding carboxylic acids is 2. The Balaban J connectivity index is 1.55. The highest BCUT2D eigenvalue weighted by Crippen LogP contribution is 2.38. The fourth-order valence-electron chi connectivity index (χ4n) is 3.40. The standard InChI is InChI=1S/C26H20Cl2INO4S/c1-2-33-22-12-17(11-21(29)24(22)34-15-16-7-9-19(27)10-8-16)13-23-25(31)30(26(32)35-23)14-18-5-3-4-6-20(18)28/h3-13H,2,14-15H2,1H3/b23-13-. The summed E-state index contributed by atoms with van der Waals surface area (Å²) in [6.07, 6.45) is 1.70. The van der Waals surface area contributed by atoms with Gasteiger partial charge in [-0.25, -0.2) is 0 Å². The van der Waals surface area contributed by atoms with Gasteiger partial charge in [-0.05, 0) is 94.4 Å². The Labute approximate surface area is 231 Å². The Hall–Kier alpha value is -2.20. The molecule has 4 rings (SSSR count). The van der Waals surface area contributed by atoms with Crippen molar-refractivity contribution in [3.05, 3.63) is 95.9 Å². The van der Waals surface area contributed by atoms with Crippen LogP contribution in [-0.4, -0.2) is 22.7 Å². The third-order valence-electron chi connectivity index (χ3n) is 5.09. The molecule has 1 aliphatic rings. The number of hydrogen-bond donors (Lipinski definition) is 0. The highest BCUT2D eigenvalue weighted by Gasteiger charge is 2.35. The predicted octanol–water partition coefficient (Wildman–Crippen LogP) is 7.81. The molecule has 0 N–H and O–H groups in total. The van der Waals surface area contributed by atoms with E-state index in [4.69, 9.17) is 32.7 Å². The van der Waals surface area contributed by atoms with Crippen molar-refractivity contribution in [3.63, 3.8) is 0 Å². The number of thioether (sulfide) groups is 1. The largest absolute Gasteiger partial charge is 0.490 e. The monoisotopic (exact) mass is 639 g/mol. The van der Waals surface area contributed by atoms with Gasteiger partial charge in [-0.3, -0.25) is 14.5 Å². The van der Waals surface area contributed by atoms with E-state index in [1.807, 2.05) is 49.4 Å². The summed E-state index contributed by atoms with van der Waals surface area (Å²) >= 11 is 15.3. The lowest BCUT2D eigenvalue weighted by atomic mass is 10.1. The smallest absolute Gasteiger partial charge is 0.293 e. The minimum atomic E-state index is -0.351. The molecular formula is C26H20Cl2INO4S. The van der Waals surface area contributed by atoms with Crippen molar-refractivity contribution in [2.75, 3.05) is 6.61 Å². The van der Waals surface area contributed by atoms with Gasteiger partial charge in [-0.2, -0.15) is 0 Å². The zero-order valence-corrected chi connectivity index (χ0v) is 23.1. The average molecular weight is 640 g/mol. The van der Waals surface area contributed by atoms with Crippen LogP contribution in [0.15, 0.2) is 65.6 Å². The first-order valence-electron chi connectivity index (χ1n) is 10.7. The first-order chi connectivity index (χ1) is 16.9. The van der Waals surface area contributed by atoms with Crippen LogP contribution in [0.3, 0.4) is 0 Å². The van der Waals surface area contributed by atoms with Gasteiger partial charge in [0, 0.05) is 10.0 Å². The Morgan fingerprint density at radius 3 is 2.49 bits per heavy atom. The highest BCUT2D eigenvalue weighted by molar-refractivity contribution is 14.1.